The molecule has 5 heteroatoms. The number of allylic oxidation sites excluding steroid dienone is 1. The van der Waals surface area contributed by atoms with Crippen LogP contribution in [0.5, 0.6) is 0 Å². The average Bonchev–Trinajstić information content (AvgIpc) is 3.24. The number of carbonyl (C=O) groups is 1. The SMILES string of the molecule is CC(C)(O)C1CCC(C2CCC3(C)C4=C(C(O)CC23C)C2(C)CCC(O)C(C)(C)C2CC4=O)C1O. The lowest BCUT2D eigenvalue weighted by molar-refractivity contribution is -0.138. The fourth-order valence-electron chi connectivity index (χ4n) is 10.4. The second kappa shape index (κ2) is 7.65. The molecule has 0 aromatic rings. The van der Waals surface area contributed by atoms with E-state index >= 15 is 0 Å². The van der Waals surface area contributed by atoms with Crippen LogP contribution in [0.1, 0.15) is 99.8 Å². The van der Waals surface area contributed by atoms with E-state index in [9.17, 15) is 25.2 Å². The molecule has 0 spiro atoms. The van der Waals surface area contributed by atoms with Gasteiger partial charge in [0.1, 0.15) is 0 Å². The minimum absolute atomic E-state index is 0.0222. The van der Waals surface area contributed by atoms with Gasteiger partial charge in [0.15, 0.2) is 5.78 Å². The summed E-state index contributed by atoms with van der Waals surface area (Å²) in [4.78, 5) is 14.0. The smallest absolute Gasteiger partial charge is 0.159 e. The van der Waals surface area contributed by atoms with Crippen molar-refractivity contribution in [2.45, 2.75) is 124 Å². The van der Waals surface area contributed by atoms with Gasteiger partial charge in [-0.3, -0.25) is 4.79 Å². The van der Waals surface area contributed by atoms with Gasteiger partial charge in [-0.05, 0) is 98.4 Å². The van der Waals surface area contributed by atoms with Crippen molar-refractivity contribution in [3.63, 3.8) is 0 Å². The van der Waals surface area contributed by atoms with E-state index in [1.54, 1.807) is 13.8 Å². The molecule has 0 aromatic heterocycles. The van der Waals surface area contributed by atoms with Crippen molar-refractivity contribution >= 4 is 5.78 Å². The highest BCUT2D eigenvalue weighted by atomic mass is 16.3. The topological polar surface area (TPSA) is 98.0 Å². The quantitative estimate of drug-likeness (QED) is 0.462. The van der Waals surface area contributed by atoms with Gasteiger partial charge in [0.2, 0.25) is 0 Å². The molecular weight excluding hydrogens is 440 g/mol. The molecule has 35 heavy (non-hydrogen) atoms. The number of aliphatic hydroxyl groups excluding tert-OH is 3. The van der Waals surface area contributed by atoms with Gasteiger partial charge in [-0.1, -0.05) is 34.6 Å². The zero-order chi connectivity index (χ0) is 25.9. The second-order valence-electron chi connectivity index (χ2n) is 14.9. The van der Waals surface area contributed by atoms with Crippen LogP contribution in [0.25, 0.3) is 0 Å². The molecule has 5 aliphatic carbocycles. The Morgan fingerprint density at radius 3 is 2.17 bits per heavy atom. The highest BCUT2D eigenvalue weighted by molar-refractivity contribution is 6.00. The highest BCUT2D eigenvalue weighted by Crippen LogP contribution is 2.72. The minimum Gasteiger partial charge on any atom is -0.393 e. The fourth-order valence-corrected chi connectivity index (χ4v) is 10.4. The highest BCUT2D eigenvalue weighted by Gasteiger charge is 2.68. The van der Waals surface area contributed by atoms with Gasteiger partial charge in [0.25, 0.3) is 0 Å². The lowest BCUT2D eigenvalue weighted by Gasteiger charge is -2.62. The van der Waals surface area contributed by atoms with E-state index in [0.717, 1.165) is 43.3 Å². The number of Topliss-reactive ketones (excluding diaryl/α,β-unsaturated/α-hetero) is 1. The molecule has 0 aliphatic heterocycles. The molecule has 0 aromatic carbocycles. The van der Waals surface area contributed by atoms with Gasteiger partial charge in [-0.15, -0.1) is 0 Å². The average molecular weight is 489 g/mol. The van der Waals surface area contributed by atoms with E-state index in [4.69, 9.17) is 0 Å². The Bertz CT molecular complexity index is 945. The van der Waals surface area contributed by atoms with Crippen LogP contribution in [0, 0.1) is 45.3 Å². The molecule has 0 heterocycles. The summed E-state index contributed by atoms with van der Waals surface area (Å²) < 4.78 is 0. The second-order valence-corrected chi connectivity index (χ2v) is 14.9. The summed E-state index contributed by atoms with van der Waals surface area (Å²) in [6.07, 6.45) is 4.42. The van der Waals surface area contributed by atoms with Crippen LogP contribution in [0.15, 0.2) is 11.1 Å². The maximum atomic E-state index is 14.0. The molecule has 0 radical (unpaired) electrons. The molecule has 5 nitrogen and oxygen atoms in total. The first kappa shape index (κ1) is 25.9. The Balaban J connectivity index is 1.57. The van der Waals surface area contributed by atoms with E-state index in [1.807, 2.05) is 0 Å². The zero-order valence-corrected chi connectivity index (χ0v) is 22.9. The van der Waals surface area contributed by atoms with Crippen molar-refractivity contribution in [2.75, 3.05) is 0 Å². The minimum atomic E-state index is -0.917. The summed E-state index contributed by atoms with van der Waals surface area (Å²) in [5.74, 6) is 0.339. The molecule has 4 N–H and O–H groups in total. The molecule has 198 valence electrons. The molecule has 10 atom stereocenters. The van der Waals surface area contributed by atoms with Gasteiger partial charge in [0, 0.05) is 23.3 Å². The van der Waals surface area contributed by atoms with E-state index < -0.39 is 23.9 Å². The first-order valence-electron chi connectivity index (χ1n) is 14.0. The van der Waals surface area contributed by atoms with Crippen LogP contribution >= 0.6 is 0 Å². The molecular formula is C30H48O5. The van der Waals surface area contributed by atoms with Crippen LogP contribution in [0.3, 0.4) is 0 Å². The largest absolute Gasteiger partial charge is 0.393 e. The van der Waals surface area contributed by atoms with Crippen LogP contribution < -0.4 is 0 Å². The number of hydrogen-bond acceptors (Lipinski definition) is 5. The lowest BCUT2D eigenvalue weighted by Crippen LogP contribution is -2.60. The molecule has 5 rings (SSSR count). The van der Waals surface area contributed by atoms with Crippen molar-refractivity contribution in [2.24, 2.45) is 45.3 Å². The normalized spacial score (nSPS) is 51.7. The van der Waals surface area contributed by atoms with Gasteiger partial charge >= 0.3 is 0 Å². The van der Waals surface area contributed by atoms with Crippen molar-refractivity contribution in [1.29, 1.82) is 0 Å². The molecule has 3 saturated carbocycles. The van der Waals surface area contributed by atoms with Crippen LogP contribution in [-0.4, -0.2) is 50.1 Å². The molecule has 5 aliphatic rings. The lowest BCUT2D eigenvalue weighted by atomic mass is 9.42. The monoisotopic (exact) mass is 488 g/mol. The molecule has 0 amide bonds. The summed E-state index contributed by atoms with van der Waals surface area (Å²) in [5, 5.41) is 44.6. The van der Waals surface area contributed by atoms with E-state index in [0.29, 0.717) is 19.3 Å². The van der Waals surface area contributed by atoms with Crippen LogP contribution in [0.2, 0.25) is 0 Å². The van der Waals surface area contributed by atoms with Crippen molar-refractivity contribution in [3.05, 3.63) is 11.1 Å². The fraction of sp³-hybridized carbons (Fsp3) is 0.900. The van der Waals surface area contributed by atoms with Gasteiger partial charge in [-0.25, -0.2) is 0 Å². The number of fused-ring (bicyclic) bond motifs is 4. The van der Waals surface area contributed by atoms with Gasteiger partial charge < -0.3 is 20.4 Å². The standard InChI is InChI=1S/C30H48O5/c1-26(2)21-14-19(31)24-23(28(21,5)12-11-22(26)33)20(32)15-30(7)17(10-13-29(24,30)6)16-8-9-18(25(16)34)27(3,4)35/h16-18,20-22,25,32-35H,8-15H2,1-7H3. The van der Waals surface area contributed by atoms with E-state index in [-0.39, 0.29) is 51.1 Å². The summed E-state index contributed by atoms with van der Waals surface area (Å²) in [5.41, 5.74) is -0.328. The van der Waals surface area contributed by atoms with Crippen molar-refractivity contribution in [3.8, 4) is 0 Å². The number of carbonyl (C=O) groups excluding carboxylic acids is 1. The predicted octanol–water partition coefficient (Wildman–Crippen LogP) is 4.40. The molecule has 3 fully saturated rings. The van der Waals surface area contributed by atoms with Gasteiger partial charge in [0.05, 0.1) is 23.9 Å². The maximum Gasteiger partial charge on any atom is 0.159 e. The van der Waals surface area contributed by atoms with E-state index in [2.05, 4.69) is 34.6 Å². The Morgan fingerprint density at radius 1 is 0.914 bits per heavy atom. The Labute approximate surface area is 211 Å². The first-order valence-corrected chi connectivity index (χ1v) is 14.0. The number of hydrogen-bond donors (Lipinski definition) is 4. The predicted molar refractivity (Wildman–Crippen MR) is 135 cm³/mol. The third-order valence-corrected chi connectivity index (χ3v) is 12.6. The third-order valence-electron chi connectivity index (χ3n) is 12.6. The summed E-state index contributed by atoms with van der Waals surface area (Å²) >= 11 is 0. The Kier molecular flexibility index (Phi) is 5.65. The van der Waals surface area contributed by atoms with Crippen LogP contribution in [-0.2, 0) is 4.79 Å². The van der Waals surface area contributed by atoms with E-state index in [1.165, 1.54) is 0 Å². The van der Waals surface area contributed by atoms with Crippen molar-refractivity contribution in [1.82, 2.24) is 0 Å². The molecule has 0 bridgehead atoms. The molecule has 10 unspecified atom stereocenters. The van der Waals surface area contributed by atoms with Crippen LogP contribution in [0.4, 0.5) is 0 Å². The zero-order valence-electron chi connectivity index (χ0n) is 22.9. The van der Waals surface area contributed by atoms with Crippen molar-refractivity contribution < 1.29 is 25.2 Å². The number of aliphatic hydroxyl groups is 4. The first-order chi connectivity index (χ1) is 16.0. The summed E-state index contributed by atoms with van der Waals surface area (Å²) in [6.45, 7) is 14.5. The Morgan fingerprint density at radius 2 is 1.57 bits per heavy atom. The third kappa shape index (κ3) is 3.23. The number of ketones is 1. The number of rotatable bonds is 2. The summed E-state index contributed by atoms with van der Waals surface area (Å²) in [7, 11) is 0. The maximum absolute atomic E-state index is 14.0. The van der Waals surface area contributed by atoms with Gasteiger partial charge in [-0.2, -0.15) is 0 Å². The summed E-state index contributed by atoms with van der Waals surface area (Å²) in [6, 6.07) is 0. The molecule has 0 saturated heterocycles. The Hall–Kier alpha value is -0.750.